The molecule has 0 bridgehead atoms. The number of thiophene rings is 1. The third-order valence-corrected chi connectivity index (χ3v) is 3.45. The van der Waals surface area contributed by atoms with Crippen LogP contribution in [0.25, 0.3) is 0 Å². The second kappa shape index (κ2) is 6.40. The maximum absolute atomic E-state index is 11.1. The minimum atomic E-state index is -0.446. The van der Waals surface area contributed by atoms with Crippen LogP contribution in [-0.2, 0) is 11.3 Å². The van der Waals surface area contributed by atoms with E-state index in [0.717, 1.165) is 9.35 Å². The summed E-state index contributed by atoms with van der Waals surface area (Å²) in [4.78, 5) is 12.2. The van der Waals surface area contributed by atoms with Gasteiger partial charge in [-0.3, -0.25) is 4.79 Å². The first-order valence-corrected chi connectivity index (χ1v) is 5.53. The number of hydrogen-bond acceptors (Lipinski definition) is 3. The van der Waals surface area contributed by atoms with Crippen molar-refractivity contribution in [3.8, 4) is 0 Å². The highest BCUT2D eigenvalue weighted by Crippen LogP contribution is 2.21. The molecule has 0 aliphatic rings. The van der Waals surface area contributed by atoms with Crippen LogP contribution in [0.4, 0.5) is 0 Å². The summed E-state index contributed by atoms with van der Waals surface area (Å²) >= 11 is 4.98. The van der Waals surface area contributed by atoms with Gasteiger partial charge in [0.15, 0.2) is 0 Å². The van der Waals surface area contributed by atoms with E-state index in [-0.39, 0.29) is 18.3 Å². The lowest BCUT2D eigenvalue weighted by Gasteiger charge is -2.06. The normalized spacial score (nSPS) is 11.6. The molecule has 1 atom stereocenters. The van der Waals surface area contributed by atoms with Gasteiger partial charge in [-0.1, -0.05) is 0 Å². The topological polar surface area (TPSA) is 55.1 Å². The highest BCUT2D eigenvalue weighted by Gasteiger charge is 2.07. The summed E-state index contributed by atoms with van der Waals surface area (Å²) < 4.78 is 1.03. The van der Waals surface area contributed by atoms with E-state index in [9.17, 15) is 4.79 Å². The predicted molar refractivity (Wildman–Crippen MR) is 64.8 cm³/mol. The monoisotopic (exact) mass is 298 g/mol. The maximum atomic E-state index is 11.1. The van der Waals surface area contributed by atoms with Gasteiger partial charge in [0.2, 0.25) is 5.91 Å². The summed E-state index contributed by atoms with van der Waals surface area (Å²) in [7, 11) is 0. The lowest BCUT2D eigenvalue weighted by Crippen LogP contribution is -2.37. The summed E-state index contributed by atoms with van der Waals surface area (Å²) in [5.74, 6) is -0.125. The quantitative estimate of drug-likeness (QED) is 0.895. The van der Waals surface area contributed by atoms with E-state index in [2.05, 4.69) is 21.2 Å². The van der Waals surface area contributed by atoms with Crippen LogP contribution < -0.4 is 11.1 Å². The molecule has 1 unspecified atom stereocenters. The van der Waals surface area contributed by atoms with Crippen LogP contribution in [0, 0.1) is 0 Å². The second-order valence-electron chi connectivity index (χ2n) is 2.70. The highest BCUT2D eigenvalue weighted by atomic mass is 79.9. The minimum Gasteiger partial charge on any atom is -0.350 e. The Hall–Kier alpha value is -0.100. The fourth-order valence-electron chi connectivity index (χ4n) is 0.780. The first-order valence-electron chi connectivity index (χ1n) is 3.86. The highest BCUT2D eigenvalue weighted by molar-refractivity contribution is 9.10. The molecule has 1 amide bonds. The van der Waals surface area contributed by atoms with Crippen molar-refractivity contribution in [1.82, 2.24) is 5.32 Å². The molecule has 1 aromatic heterocycles. The van der Waals surface area contributed by atoms with Crippen molar-refractivity contribution >= 4 is 45.6 Å². The van der Waals surface area contributed by atoms with Crippen molar-refractivity contribution in [1.29, 1.82) is 0 Å². The van der Waals surface area contributed by atoms with E-state index in [1.54, 1.807) is 18.3 Å². The zero-order valence-electron chi connectivity index (χ0n) is 7.62. The summed E-state index contributed by atoms with van der Waals surface area (Å²) in [5.41, 5.74) is 5.39. The zero-order valence-corrected chi connectivity index (χ0v) is 10.8. The Labute approximate surface area is 102 Å². The Morgan fingerprint density at radius 1 is 1.79 bits per heavy atom. The standard InChI is InChI=1S/C8H11BrN2OS.ClH/c1-5(10)8(12)11-4-7-6(9)2-3-13-7;/h2-3,5H,4,10H2,1H3,(H,11,12);1H. The SMILES string of the molecule is CC(N)C(=O)NCc1sccc1Br.Cl. The summed E-state index contributed by atoms with van der Waals surface area (Å²) in [6.07, 6.45) is 0. The molecule has 0 aromatic carbocycles. The molecule has 1 heterocycles. The van der Waals surface area contributed by atoms with Crippen LogP contribution in [0.5, 0.6) is 0 Å². The maximum Gasteiger partial charge on any atom is 0.236 e. The molecule has 0 radical (unpaired) electrons. The van der Waals surface area contributed by atoms with Gasteiger partial charge in [0.1, 0.15) is 0 Å². The average molecular weight is 300 g/mol. The Balaban J connectivity index is 0.00000169. The van der Waals surface area contributed by atoms with Crippen molar-refractivity contribution in [3.63, 3.8) is 0 Å². The van der Waals surface area contributed by atoms with E-state index in [4.69, 9.17) is 5.73 Å². The molecule has 0 spiro atoms. The van der Waals surface area contributed by atoms with Gasteiger partial charge in [0.05, 0.1) is 12.6 Å². The van der Waals surface area contributed by atoms with Crippen LogP contribution in [0.15, 0.2) is 15.9 Å². The predicted octanol–water partition coefficient (Wildman–Crippen LogP) is 1.90. The van der Waals surface area contributed by atoms with Crippen molar-refractivity contribution in [3.05, 3.63) is 20.8 Å². The lowest BCUT2D eigenvalue weighted by molar-refractivity contribution is -0.122. The summed E-state index contributed by atoms with van der Waals surface area (Å²) in [5, 5.41) is 4.71. The smallest absolute Gasteiger partial charge is 0.236 e. The third kappa shape index (κ3) is 3.96. The Morgan fingerprint density at radius 3 is 2.86 bits per heavy atom. The largest absolute Gasteiger partial charge is 0.350 e. The number of hydrogen-bond donors (Lipinski definition) is 2. The molecule has 3 nitrogen and oxygen atoms in total. The van der Waals surface area contributed by atoms with Gasteiger partial charge in [-0.15, -0.1) is 23.7 Å². The van der Waals surface area contributed by atoms with E-state index in [1.165, 1.54) is 0 Å². The molecule has 0 saturated heterocycles. The molecule has 6 heteroatoms. The minimum absolute atomic E-state index is 0. The Morgan fingerprint density at radius 2 is 2.43 bits per heavy atom. The molecule has 0 aliphatic heterocycles. The van der Waals surface area contributed by atoms with Crippen LogP contribution in [-0.4, -0.2) is 11.9 Å². The number of rotatable bonds is 3. The molecule has 80 valence electrons. The molecule has 1 rings (SSSR count). The Kier molecular flexibility index (Phi) is 6.35. The van der Waals surface area contributed by atoms with Crippen LogP contribution in [0.2, 0.25) is 0 Å². The van der Waals surface area contributed by atoms with E-state index >= 15 is 0 Å². The van der Waals surface area contributed by atoms with E-state index in [1.807, 2.05) is 11.4 Å². The molecule has 0 fully saturated rings. The Bertz CT molecular complexity index is 303. The molecule has 1 aromatic rings. The first kappa shape index (κ1) is 13.9. The van der Waals surface area contributed by atoms with Crippen LogP contribution in [0.3, 0.4) is 0 Å². The number of amides is 1. The fourth-order valence-corrected chi connectivity index (χ4v) is 2.21. The number of carbonyl (C=O) groups excluding carboxylic acids is 1. The second-order valence-corrected chi connectivity index (χ2v) is 4.55. The van der Waals surface area contributed by atoms with Crippen molar-refractivity contribution < 1.29 is 4.79 Å². The van der Waals surface area contributed by atoms with Gasteiger partial charge in [-0.2, -0.15) is 0 Å². The number of carbonyl (C=O) groups is 1. The van der Waals surface area contributed by atoms with Gasteiger partial charge in [-0.05, 0) is 34.3 Å². The molecule has 14 heavy (non-hydrogen) atoms. The van der Waals surface area contributed by atoms with Crippen molar-refractivity contribution in [2.24, 2.45) is 5.73 Å². The van der Waals surface area contributed by atoms with Crippen LogP contribution >= 0.6 is 39.7 Å². The zero-order chi connectivity index (χ0) is 9.84. The van der Waals surface area contributed by atoms with Gasteiger partial charge in [0.25, 0.3) is 0 Å². The van der Waals surface area contributed by atoms with Gasteiger partial charge >= 0.3 is 0 Å². The summed E-state index contributed by atoms with van der Waals surface area (Å²) in [6, 6.07) is 1.51. The van der Waals surface area contributed by atoms with Crippen LogP contribution in [0.1, 0.15) is 11.8 Å². The number of halogens is 2. The van der Waals surface area contributed by atoms with Gasteiger partial charge in [0, 0.05) is 9.35 Å². The third-order valence-electron chi connectivity index (χ3n) is 1.53. The molecule has 3 N–H and O–H groups in total. The molecule has 0 saturated carbocycles. The van der Waals surface area contributed by atoms with Gasteiger partial charge in [-0.25, -0.2) is 0 Å². The van der Waals surface area contributed by atoms with Gasteiger partial charge < -0.3 is 11.1 Å². The lowest BCUT2D eigenvalue weighted by atomic mass is 10.3. The average Bonchev–Trinajstić information content (AvgIpc) is 2.47. The first-order chi connectivity index (χ1) is 6.11. The molecule has 0 aliphatic carbocycles. The number of nitrogens with two attached hydrogens (primary N) is 1. The van der Waals surface area contributed by atoms with E-state index < -0.39 is 6.04 Å². The van der Waals surface area contributed by atoms with E-state index in [0.29, 0.717) is 6.54 Å². The van der Waals surface area contributed by atoms with Crippen molar-refractivity contribution in [2.75, 3.05) is 0 Å². The van der Waals surface area contributed by atoms with Crippen molar-refractivity contribution in [2.45, 2.75) is 19.5 Å². The molecular weight excluding hydrogens is 288 g/mol. The number of nitrogens with one attached hydrogen (secondary N) is 1. The fraction of sp³-hybridized carbons (Fsp3) is 0.375. The summed E-state index contributed by atoms with van der Waals surface area (Å²) in [6.45, 7) is 2.21. The molecular formula is C8H12BrClN2OS.